The van der Waals surface area contributed by atoms with Crippen LogP contribution in [-0.2, 0) is 28.7 Å². The molecule has 0 atom stereocenters. The molecule has 0 unspecified atom stereocenters. The van der Waals surface area contributed by atoms with E-state index in [4.69, 9.17) is 18.9 Å². The normalized spacial score (nSPS) is 18.1. The summed E-state index contributed by atoms with van der Waals surface area (Å²) in [6, 6.07) is 16.5. The van der Waals surface area contributed by atoms with Crippen molar-refractivity contribution in [1.82, 2.24) is 15.3 Å². The monoisotopic (exact) mass is 598 g/mol. The highest BCUT2D eigenvalue weighted by atomic mass is 16.5. The van der Waals surface area contributed by atoms with Crippen LogP contribution < -0.4 is 20.1 Å². The highest BCUT2D eigenvalue weighted by Gasteiger charge is 2.13. The summed E-state index contributed by atoms with van der Waals surface area (Å²) in [5.74, 6) is 3.53. The predicted molar refractivity (Wildman–Crippen MR) is 174 cm³/mol. The van der Waals surface area contributed by atoms with Crippen molar-refractivity contribution in [2.24, 2.45) is 0 Å². The molecular formula is C36H46N4O4. The van der Waals surface area contributed by atoms with Crippen molar-refractivity contribution in [2.75, 3.05) is 38.2 Å². The van der Waals surface area contributed by atoms with Gasteiger partial charge >= 0.3 is 0 Å². The van der Waals surface area contributed by atoms with Crippen LogP contribution in [0.5, 0.6) is 11.5 Å². The van der Waals surface area contributed by atoms with Crippen molar-refractivity contribution in [3.63, 3.8) is 0 Å². The van der Waals surface area contributed by atoms with Gasteiger partial charge in [0.25, 0.3) is 0 Å². The molecule has 0 fully saturated rings. The molecule has 44 heavy (non-hydrogen) atoms. The number of hydrogen-bond donors (Lipinski definition) is 2. The number of ether oxygens (including phenoxy) is 4. The molecule has 1 aromatic carbocycles. The lowest BCUT2D eigenvalue weighted by Gasteiger charge is -2.18. The second-order valence-electron chi connectivity index (χ2n) is 11.2. The Balaban J connectivity index is 1.19. The molecule has 0 amide bonds. The number of para-hydroxylation sites is 1. The summed E-state index contributed by atoms with van der Waals surface area (Å²) in [5, 5.41) is 7.20. The summed E-state index contributed by atoms with van der Waals surface area (Å²) >= 11 is 0. The van der Waals surface area contributed by atoms with E-state index in [1.54, 1.807) is 12.5 Å². The summed E-state index contributed by atoms with van der Waals surface area (Å²) in [4.78, 5) is 9.18. The van der Waals surface area contributed by atoms with Crippen molar-refractivity contribution in [1.29, 1.82) is 0 Å². The number of pyridine rings is 2. The number of nitrogens with one attached hydrogen (secondary N) is 2. The van der Waals surface area contributed by atoms with Crippen LogP contribution >= 0.6 is 0 Å². The molecule has 0 aliphatic carbocycles. The largest absolute Gasteiger partial charge is 0.488 e. The van der Waals surface area contributed by atoms with Gasteiger partial charge in [-0.05, 0) is 81.0 Å². The van der Waals surface area contributed by atoms with Crippen molar-refractivity contribution in [3.8, 4) is 11.5 Å². The van der Waals surface area contributed by atoms with Crippen LogP contribution in [0.2, 0.25) is 0 Å². The molecule has 8 nitrogen and oxygen atoms in total. The Morgan fingerprint density at radius 3 is 1.91 bits per heavy atom. The Hall–Kier alpha value is -4.04. The van der Waals surface area contributed by atoms with Gasteiger partial charge in [-0.15, -0.1) is 0 Å². The number of nitrogens with zero attached hydrogens (tertiary/aromatic N) is 2. The summed E-state index contributed by atoms with van der Waals surface area (Å²) in [5.41, 5.74) is 4.59. The summed E-state index contributed by atoms with van der Waals surface area (Å²) in [6.07, 6.45) is 17.9. The zero-order valence-corrected chi connectivity index (χ0v) is 25.8. The van der Waals surface area contributed by atoms with Crippen molar-refractivity contribution in [3.05, 3.63) is 102 Å². The Labute approximate surface area is 261 Å². The quantitative estimate of drug-likeness (QED) is 0.283. The molecule has 4 heterocycles. The van der Waals surface area contributed by atoms with Crippen LogP contribution in [0.15, 0.2) is 85.0 Å². The number of hydrogen-bond acceptors (Lipinski definition) is 8. The maximum atomic E-state index is 6.10. The van der Waals surface area contributed by atoms with E-state index in [-0.39, 0.29) is 0 Å². The predicted octanol–water partition coefficient (Wildman–Crippen LogP) is 7.13. The summed E-state index contributed by atoms with van der Waals surface area (Å²) in [6.45, 7) is 3.49. The van der Waals surface area contributed by atoms with E-state index < -0.39 is 0 Å². The van der Waals surface area contributed by atoms with Crippen LogP contribution in [0.25, 0.3) is 0 Å². The highest BCUT2D eigenvalue weighted by molar-refractivity contribution is 5.51. The minimum absolute atomic E-state index is 0.449. The van der Waals surface area contributed by atoms with Crippen LogP contribution in [0.1, 0.15) is 68.3 Å². The maximum absolute atomic E-state index is 6.10. The van der Waals surface area contributed by atoms with Gasteiger partial charge in [0.15, 0.2) is 0 Å². The molecule has 8 heteroatoms. The molecule has 0 radical (unpaired) electrons. The molecule has 0 saturated carbocycles. The lowest BCUT2D eigenvalue weighted by atomic mass is 10.0. The van der Waals surface area contributed by atoms with E-state index in [0.29, 0.717) is 13.2 Å². The number of allylic oxidation sites excluding steroid dienone is 2. The molecule has 2 N–H and O–H groups in total. The van der Waals surface area contributed by atoms with Crippen molar-refractivity contribution in [2.45, 2.75) is 70.6 Å². The van der Waals surface area contributed by atoms with Gasteiger partial charge in [0.2, 0.25) is 0 Å². The van der Waals surface area contributed by atoms with Gasteiger partial charge in [-0.1, -0.05) is 31.0 Å². The number of aromatic nitrogens is 2. The van der Waals surface area contributed by atoms with Gasteiger partial charge in [-0.3, -0.25) is 9.97 Å². The van der Waals surface area contributed by atoms with Gasteiger partial charge < -0.3 is 29.6 Å². The third-order valence-corrected chi connectivity index (χ3v) is 7.90. The van der Waals surface area contributed by atoms with Gasteiger partial charge in [0, 0.05) is 50.4 Å². The lowest BCUT2D eigenvalue weighted by molar-refractivity contribution is 0.207. The number of benzene rings is 1. The summed E-state index contributed by atoms with van der Waals surface area (Å²) in [7, 11) is 0. The lowest BCUT2D eigenvalue weighted by Crippen LogP contribution is -2.20. The molecule has 5 rings (SSSR count). The topological polar surface area (TPSA) is 86.8 Å². The summed E-state index contributed by atoms with van der Waals surface area (Å²) < 4.78 is 23.9. The number of rotatable bonds is 0. The molecular weight excluding hydrogens is 552 g/mol. The first-order valence-electron chi connectivity index (χ1n) is 16.2. The fraction of sp³-hybridized carbons (Fsp3) is 0.444. The van der Waals surface area contributed by atoms with Crippen LogP contribution in [-0.4, -0.2) is 42.8 Å². The highest BCUT2D eigenvalue weighted by Crippen LogP contribution is 2.24. The Kier molecular flexibility index (Phi) is 12.8. The number of anilines is 1. The van der Waals surface area contributed by atoms with Crippen LogP contribution in [0.3, 0.4) is 0 Å². The van der Waals surface area contributed by atoms with E-state index in [0.717, 1.165) is 105 Å². The third-order valence-electron chi connectivity index (χ3n) is 7.90. The second-order valence-corrected chi connectivity index (χ2v) is 11.2. The smallest absolute Gasteiger partial charge is 0.142 e. The molecule has 2 aliphatic rings. The van der Waals surface area contributed by atoms with E-state index in [1.165, 1.54) is 30.5 Å². The SMILES string of the molecule is C1=COC2=C(CCCNCCc3ncccc3OCCOc3cccnc3CCCCCCc3ccccc3NCCC2)O1. The maximum Gasteiger partial charge on any atom is 0.142 e. The first kappa shape index (κ1) is 31.4. The Morgan fingerprint density at radius 2 is 1.18 bits per heavy atom. The fourth-order valence-corrected chi connectivity index (χ4v) is 5.59. The molecule has 3 aromatic rings. The van der Waals surface area contributed by atoms with Gasteiger partial charge in [0.1, 0.15) is 48.8 Å². The van der Waals surface area contributed by atoms with E-state index in [1.807, 2.05) is 36.7 Å². The average Bonchev–Trinajstić information content (AvgIpc) is 3.06. The van der Waals surface area contributed by atoms with Gasteiger partial charge in [-0.25, -0.2) is 0 Å². The minimum atomic E-state index is 0.449. The van der Waals surface area contributed by atoms with Crippen molar-refractivity contribution < 1.29 is 18.9 Å². The standard InChI is InChI=1S/C36H46N4O4/c1-2-4-14-31-33(15-8-22-39-31)41-25-26-42-34-16-9-23-40-32(34)19-24-37-20-7-17-35-36(44-28-27-43-35)18-10-21-38-30-13-6-5-12-29(30)11-3-1/h5-6,8-9,12-13,15-16,22-23,27-28,37-38H,1-4,7,10-11,14,17-21,24-26H2. The first-order valence-corrected chi connectivity index (χ1v) is 16.2. The number of fused-ring (bicyclic) bond motifs is 3. The van der Waals surface area contributed by atoms with Gasteiger partial charge in [-0.2, -0.15) is 0 Å². The first-order chi connectivity index (χ1) is 21.9. The van der Waals surface area contributed by atoms with Crippen LogP contribution in [0.4, 0.5) is 5.69 Å². The van der Waals surface area contributed by atoms with Crippen molar-refractivity contribution >= 4 is 5.69 Å². The van der Waals surface area contributed by atoms with Crippen LogP contribution in [0, 0.1) is 0 Å². The Morgan fingerprint density at radius 1 is 0.545 bits per heavy atom. The van der Waals surface area contributed by atoms with E-state index in [2.05, 4.69) is 44.9 Å². The molecule has 234 valence electrons. The molecule has 0 bridgehead atoms. The third kappa shape index (κ3) is 10.0. The average molecular weight is 599 g/mol. The van der Waals surface area contributed by atoms with E-state index >= 15 is 0 Å². The number of aryl methyl sites for hydroxylation is 2. The zero-order chi connectivity index (χ0) is 30.1. The zero-order valence-electron chi connectivity index (χ0n) is 25.8. The second kappa shape index (κ2) is 17.9. The Bertz CT molecular complexity index is 1360. The molecule has 0 saturated heterocycles. The molecule has 0 spiro atoms. The van der Waals surface area contributed by atoms with Gasteiger partial charge in [0.05, 0.1) is 11.4 Å². The minimum Gasteiger partial charge on any atom is -0.488 e. The molecule has 2 aliphatic heterocycles. The van der Waals surface area contributed by atoms with E-state index in [9.17, 15) is 0 Å². The molecule has 2 aromatic heterocycles. The fourth-order valence-electron chi connectivity index (χ4n) is 5.59.